The second-order valence-corrected chi connectivity index (χ2v) is 7.31. The summed E-state index contributed by atoms with van der Waals surface area (Å²) in [5.41, 5.74) is 2.47. The number of rotatable bonds is 5. The minimum Gasteiger partial charge on any atom is -0.497 e. The third kappa shape index (κ3) is 3.67. The third-order valence-corrected chi connectivity index (χ3v) is 5.12. The normalized spacial score (nSPS) is 13.8. The Morgan fingerprint density at radius 1 is 0.828 bits per heavy atom. The van der Waals surface area contributed by atoms with Gasteiger partial charge in [-0.1, -0.05) is 46.3 Å². The summed E-state index contributed by atoms with van der Waals surface area (Å²) in [6.45, 7) is 0. The molecule has 0 spiro atoms. The van der Waals surface area contributed by atoms with Crippen LogP contribution in [0, 0.1) is 0 Å². The first-order valence-corrected chi connectivity index (χ1v) is 9.73. The second-order valence-electron chi connectivity index (χ2n) is 6.39. The molecule has 0 radical (unpaired) electrons. The first kappa shape index (κ1) is 19.0. The van der Waals surface area contributed by atoms with E-state index in [0.717, 1.165) is 4.47 Å². The van der Waals surface area contributed by atoms with Crippen molar-refractivity contribution in [2.24, 2.45) is 0 Å². The average molecular weight is 449 g/mol. The molecule has 0 atom stereocenters. The lowest BCUT2D eigenvalue weighted by atomic mass is 10.0. The van der Waals surface area contributed by atoms with Gasteiger partial charge in [-0.25, -0.2) is 4.90 Å². The van der Waals surface area contributed by atoms with Crippen LogP contribution in [0.4, 0.5) is 11.4 Å². The van der Waals surface area contributed by atoms with Gasteiger partial charge < -0.3 is 10.1 Å². The van der Waals surface area contributed by atoms with Crippen molar-refractivity contribution in [1.82, 2.24) is 0 Å². The van der Waals surface area contributed by atoms with E-state index in [1.807, 2.05) is 30.3 Å². The molecule has 1 N–H and O–H groups in total. The van der Waals surface area contributed by atoms with Crippen molar-refractivity contribution in [2.75, 3.05) is 17.3 Å². The van der Waals surface area contributed by atoms with Crippen LogP contribution in [-0.4, -0.2) is 18.9 Å². The zero-order chi connectivity index (χ0) is 20.4. The number of amides is 2. The van der Waals surface area contributed by atoms with Crippen LogP contribution in [0.25, 0.3) is 5.57 Å². The molecule has 4 rings (SSSR count). The Bertz CT molecular complexity index is 1090. The van der Waals surface area contributed by atoms with E-state index in [0.29, 0.717) is 28.3 Å². The second kappa shape index (κ2) is 7.93. The van der Waals surface area contributed by atoms with Gasteiger partial charge in [-0.3, -0.25) is 9.59 Å². The van der Waals surface area contributed by atoms with E-state index in [2.05, 4.69) is 21.2 Å². The van der Waals surface area contributed by atoms with Crippen molar-refractivity contribution < 1.29 is 14.3 Å². The molecule has 1 heterocycles. The van der Waals surface area contributed by atoms with Crippen molar-refractivity contribution in [3.8, 4) is 5.75 Å². The summed E-state index contributed by atoms with van der Waals surface area (Å²) in [7, 11) is 1.59. The van der Waals surface area contributed by atoms with Crippen molar-refractivity contribution in [3.05, 3.63) is 94.6 Å². The zero-order valence-electron chi connectivity index (χ0n) is 15.6. The predicted molar refractivity (Wildman–Crippen MR) is 117 cm³/mol. The molecular formula is C23H17BrN2O3. The number of benzene rings is 3. The highest BCUT2D eigenvalue weighted by molar-refractivity contribution is 9.10. The number of carbonyl (C=O) groups excluding carboxylic acids is 2. The Morgan fingerprint density at radius 3 is 2.10 bits per heavy atom. The molecule has 29 heavy (non-hydrogen) atoms. The van der Waals surface area contributed by atoms with Gasteiger partial charge in [0.05, 0.1) is 18.4 Å². The molecule has 0 saturated heterocycles. The van der Waals surface area contributed by atoms with Crippen LogP contribution in [0.1, 0.15) is 5.56 Å². The van der Waals surface area contributed by atoms with Crippen molar-refractivity contribution in [3.63, 3.8) is 0 Å². The summed E-state index contributed by atoms with van der Waals surface area (Å²) in [5, 5.41) is 3.13. The minimum atomic E-state index is -0.396. The molecule has 3 aromatic carbocycles. The van der Waals surface area contributed by atoms with Crippen LogP contribution in [0.2, 0.25) is 0 Å². The summed E-state index contributed by atoms with van der Waals surface area (Å²) in [6.07, 6.45) is 0. The minimum absolute atomic E-state index is 0.245. The quantitative estimate of drug-likeness (QED) is 0.566. The number of halogens is 1. The summed E-state index contributed by atoms with van der Waals surface area (Å²) in [6, 6.07) is 23.4. The van der Waals surface area contributed by atoms with Crippen molar-refractivity contribution in [2.45, 2.75) is 0 Å². The standard InChI is InChI=1S/C23H17BrN2O3/c1-29-19-13-9-17(10-14-19)25-21-20(15-5-3-2-4-6-15)22(27)26(23(21)28)18-11-7-16(24)8-12-18/h2-14,25H,1H3. The molecule has 1 aliphatic heterocycles. The SMILES string of the molecule is COc1ccc(NC2=C(c3ccccc3)C(=O)N(c3ccc(Br)cc3)C2=O)cc1. The monoisotopic (exact) mass is 448 g/mol. The van der Waals surface area contributed by atoms with Gasteiger partial charge in [0, 0.05) is 10.2 Å². The molecule has 0 bridgehead atoms. The molecule has 0 unspecified atom stereocenters. The number of nitrogens with zero attached hydrogens (tertiary/aromatic N) is 1. The van der Waals surface area contributed by atoms with Gasteiger partial charge in [-0.2, -0.15) is 0 Å². The maximum atomic E-state index is 13.3. The fourth-order valence-electron chi connectivity index (χ4n) is 3.16. The highest BCUT2D eigenvalue weighted by Crippen LogP contribution is 2.34. The molecule has 0 aromatic heterocycles. The van der Waals surface area contributed by atoms with E-state index >= 15 is 0 Å². The Hall–Kier alpha value is -3.38. The summed E-state index contributed by atoms with van der Waals surface area (Å²) in [5.74, 6) is -0.0512. The van der Waals surface area contributed by atoms with Crippen LogP contribution in [-0.2, 0) is 9.59 Å². The highest BCUT2D eigenvalue weighted by atomic mass is 79.9. The molecule has 1 aliphatic rings. The number of hydrogen-bond donors (Lipinski definition) is 1. The van der Waals surface area contributed by atoms with Crippen molar-refractivity contribution >= 4 is 44.7 Å². The van der Waals surface area contributed by atoms with Gasteiger partial charge in [-0.15, -0.1) is 0 Å². The van der Waals surface area contributed by atoms with Crippen LogP contribution < -0.4 is 15.0 Å². The Labute approximate surface area is 176 Å². The average Bonchev–Trinajstić information content (AvgIpc) is 2.99. The number of hydrogen-bond acceptors (Lipinski definition) is 4. The number of nitrogens with one attached hydrogen (secondary N) is 1. The molecule has 0 fully saturated rings. The molecule has 0 saturated carbocycles. The number of methoxy groups -OCH3 is 1. The van der Waals surface area contributed by atoms with E-state index in [-0.39, 0.29) is 11.6 Å². The van der Waals surface area contributed by atoms with Crippen LogP contribution >= 0.6 is 15.9 Å². The summed E-state index contributed by atoms with van der Waals surface area (Å²) >= 11 is 3.38. The molecule has 2 amide bonds. The number of anilines is 2. The molecule has 144 valence electrons. The zero-order valence-corrected chi connectivity index (χ0v) is 17.1. The first-order chi connectivity index (χ1) is 14.1. The van der Waals surface area contributed by atoms with Gasteiger partial charge in [-0.05, 0) is 54.1 Å². The van der Waals surface area contributed by atoms with Crippen LogP contribution in [0.5, 0.6) is 5.75 Å². The van der Waals surface area contributed by atoms with E-state index in [4.69, 9.17) is 4.74 Å². The van der Waals surface area contributed by atoms with Gasteiger partial charge in [0.25, 0.3) is 11.8 Å². The molecule has 0 aliphatic carbocycles. The van der Waals surface area contributed by atoms with Gasteiger partial charge >= 0.3 is 0 Å². The highest BCUT2D eigenvalue weighted by Gasteiger charge is 2.40. The van der Waals surface area contributed by atoms with Gasteiger partial charge in [0.1, 0.15) is 11.4 Å². The van der Waals surface area contributed by atoms with Crippen molar-refractivity contribution in [1.29, 1.82) is 0 Å². The van der Waals surface area contributed by atoms with E-state index < -0.39 is 5.91 Å². The molecular weight excluding hydrogens is 432 g/mol. The van der Waals surface area contributed by atoms with Crippen LogP contribution in [0.3, 0.4) is 0 Å². The molecule has 5 nitrogen and oxygen atoms in total. The van der Waals surface area contributed by atoms with E-state index in [1.54, 1.807) is 55.6 Å². The maximum Gasteiger partial charge on any atom is 0.282 e. The predicted octanol–water partition coefficient (Wildman–Crippen LogP) is 4.85. The lowest BCUT2D eigenvalue weighted by molar-refractivity contribution is -0.120. The number of ether oxygens (including phenoxy) is 1. The number of imide groups is 1. The van der Waals surface area contributed by atoms with Crippen LogP contribution in [0.15, 0.2) is 89.0 Å². The Kier molecular flexibility index (Phi) is 5.18. The first-order valence-electron chi connectivity index (χ1n) is 8.93. The Morgan fingerprint density at radius 2 is 1.48 bits per heavy atom. The fourth-order valence-corrected chi connectivity index (χ4v) is 3.43. The topological polar surface area (TPSA) is 58.6 Å². The maximum absolute atomic E-state index is 13.3. The summed E-state index contributed by atoms with van der Waals surface area (Å²) < 4.78 is 6.05. The van der Waals surface area contributed by atoms with E-state index in [1.165, 1.54) is 4.90 Å². The molecule has 6 heteroatoms. The fraction of sp³-hybridized carbons (Fsp3) is 0.0435. The lowest BCUT2D eigenvalue weighted by Crippen LogP contribution is -2.32. The Balaban J connectivity index is 1.77. The third-order valence-electron chi connectivity index (χ3n) is 4.59. The smallest absolute Gasteiger partial charge is 0.282 e. The van der Waals surface area contributed by atoms with Gasteiger partial charge in [0.2, 0.25) is 0 Å². The van der Waals surface area contributed by atoms with E-state index in [9.17, 15) is 9.59 Å². The number of carbonyl (C=O) groups is 2. The van der Waals surface area contributed by atoms with Gasteiger partial charge in [0.15, 0.2) is 0 Å². The lowest BCUT2D eigenvalue weighted by Gasteiger charge is -2.15. The molecule has 3 aromatic rings. The largest absolute Gasteiger partial charge is 0.497 e. The summed E-state index contributed by atoms with van der Waals surface area (Å²) in [4.78, 5) is 27.7.